The minimum atomic E-state index is -4.92. The van der Waals surface area contributed by atoms with Crippen LogP contribution in [0.3, 0.4) is 0 Å². The van der Waals surface area contributed by atoms with Crippen LogP contribution in [0.4, 0.5) is 37.7 Å². The highest BCUT2D eigenvalue weighted by Crippen LogP contribution is 2.45. The number of sulfonamides is 2. The van der Waals surface area contributed by atoms with Gasteiger partial charge >= 0.3 is 12.4 Å². The maximum atomic E-state index is 14.7. The van der Waals surface area contributed by atoms with Crippen LogP contribution in [-0.2, 0) is 59.8 Å². The number of ketones is 2. The highest BCUT2D eigenvalue weighted by Gasteiger charge is 2.47. The molecule has 0 unspecified atom stereocenters. The lowest BCUT2D eigenvalue weighted by Crippen LogP contribution is -2.51. The first-order valence-electron chi connectivity index (χ1n) is 26.0. The van der Waals surface area contributed by atoms with Crippen LogP contribution in [0.1, 0.15) is 107 Å². The number of hydrogen-bond acceptors (Lipinski definition) is 13. The maximum Gasteiger partial charge on any atom is 0.417 e. The summed E-state index contributed by atoms with van der Waals surface area (Å²) in [6.45, 7) is 16.2. The van der Waals surface area contributed by atoms with Gasteiger partial charge in [-0.1, -0.05) is 64.7 Å². The summed E-state index contributed by atoms with van der Waals surface area (Å²) in [6.07, 6.45) is -0.328. The van der Waals surface area contributed by atoms with Crippen molar-refractivity contribution in [1.29, 1.82) is 0 Å². The molecule has 0 fully saturated rings. The molecule has 0 bridgehead atoms. The smallest absolute Gasteiger partial charge is 0.380 e. The molecule has 454 valence electrons. The number of hydrogen-bond donors (Lipinski definition) is 2. The molecule has 2 aromatic carbocycles. The summed E-state index contributed by atoms with van der Waals surface area (Å²) >= 11 is 11.4. The molecule has 6 aromatic heterocycles. The van der Waals surface area contributed by atoms with Gasteiger partial charge in [-0.2, -0.15) is 26.3 Å². The summed E-state index contributed by atoms with van der Waals surface area (Å²) in [5, 5.41) is -0.215. The number of nitrogens with zero attached hydrogens (tertiary/aromatic N) is 6. The number of anilines is 2. The fraction of sp³-hybridized carbons (Fsp3) is 0.333. The zero-order chi connectivity index (χ0) is 62.9. The number of H-pyrrole nitrogens is 1. The number of alkyl halides is 6. The number of benzene rings is 2. The van der Waals surface area contributed by atoms with Crippen LogP contribution in [0.25, 0.3) is 22.1 Å². The van der Waals surface area contributed by atoms with E-state index in [1.807, 2.05) is 12.3 Å². The Labute approximate surface area is 498 Å². The molecule has 8 rings (SSSR count). The van der Waals surface area contributed by atoms with Crippen molar-refractivity contribution in [3.05, 3.63) is 164 Å². The van der Waals surface area contributed by atoms with Crippen LogP contribution in [0.2, 0.25) is 26.7 Å². The van der Waals surface area contributed by atoms with Crippen LogP contribution < -0.4 is 9.03 Å². The number of pyridine rings is 4. The summed E-state index contributed by atoms with van der Waals surface area (Å²) in [7, 11) is -7.57. The van der Waals surface area contributed by atoms with Gasteiger partial charge in [0.25, 0.3) is 20.0 Å². The quantitative estimate of drug-likeness (QED) is 0.0314. The van der Waals surface area contributed by atoms with Crippen LogP contribution in [0, 0.1) is 13.8 Å². The Bertz CT molecular complexity index is 4050. The number of carbonyl (C=O) groups is 2. The van der Waals surface area contributed by atoms with E-state index in [9.17, 15) is 52.8 Å². The molecule has 0 aliphatic rings. The molecule has 8 aromatic rings. The molecule has 0 saturated heterocycles. The van der Waals surface area contributed by atoms with Gasteiger partial charge in [0.05, 0.1) is 55.6 Å². The lowest BCUT2D eigenvalue weighted by Gasteiger charge is -2.44. The number of fused-ring (bicyclic) bond motifs is 2. The van der Waals surface area contributed by atoms with Gasteiger partial charge in [-0.3, -0.25) is 24.3 Å². The van der Waals surface area contributed by atoms with Gasteiger partial charge < -0.3 is 23.4 Å². The molecular weight excluding hydrogens is 1220 g/mol. The number of aromatic amines is 1. The van der Waals surface area contributed by atoms with Gasteiger partial charge in [0.2, 0.25) is 11.6 Å². The lowest BCUT2D eigenvalue weighted by molar-refractivity contribution is -0.138. The predicted molar refractivity (Wildman–Crippen MR) is 314 cm³/mol. The minimum Gasteiger partial charge on any atom is -0.380 e. The number of nitrogens with one attached hydrogen (secondary N) is 2. The Kier molecular flexibility index (Phi) is 19.8. The Morgan fingerprint density at radius 3 is 1.71 bits per heavy atom. The van der Waals surface area contributed by atoms with E-state index >= 15 is 0 Å². The van der Waals surface area contributed by atoms with Gasteiger partial charge in [0.15, 0.2) is 8.24 Å². The number of ether oxygens (including phenoxy) is 3. The first-order valence-corrected chi connectivity index (χ1v) is 31.9. The Morgan fingerprint density at radius 1 is 0.659 bits per heavy atom. The minimum absolute atomic E-state index is 0.0161. The normalized spacial score (nSPS) is 12.6. The Hall–Kier alpha value is -6.78. The molecule has 17 nitrogen and oxygen atoms in total. The molecule has 0 aliphatic carbocycles. The van der Waals surface area contributed by atoms with Crippen molar-refractivity contribution in [1.82, 2.24) is 29.2 Å². The molecule has 0 saturated carbocycles. The molecule has 0 atom stereocenters. The number of halogens is 8. The zero-order valence-electron chi connectivity index (χ0n) is 47.8. The fourth-order valence-electron chi connectivity index (χ4n) is 10.9. The van der Waals surface area contributed by atoms with E-state index in [-0.39, 0.29) is 47.1 Å². The summed E-state index contributed by atoms with van der Waals surface area (Å²) in [6, 6.07) is 10.8. The maximum absolute atomic E-state index is 14.7. The highest BCUT2D eigenvalue weighted by molar-refractivity contribution is 7.93. The largest absolute Gasteiger partial charge is 0.417 e. The molecule has 2 N–H and O–H groups in total. The van der Waals surface area contributed by atoms with Crippen molar-refractivity contribution in [2.45, 2.75) is 107 Å². The van der Waals surface area contributed by atoms with Crippen LogP contribution >= 0.6 is 23.2 Å². The second kappa shape index (κ2) is 25.7. The third-order valence-electron chi connectivity index (χ3n) is 14.4. The van der Waals surface area contributed by atoms with Crippen LogP contribution in [-0.4, -0.2) is 93.9 Å². The van der Waals surface area contributed by atoms with Gasteiger partial charge in [-0.25, -0.2) is 31.1 Å². The summed E-state index contributed by atoms with van der Waals surface area (Å²) in [5.74, 6) is -1.19. The van der Waals surface area contributed by atoms with Crippen molar-refractivity contribution >= 4 is 96.5 Å². The predicted octanol–water partition coefficient (Wildman–Crippen LogP) is 13.7. The second-order valence-electron chi connectivity index (χ2n) is 20.8. The topological polar surface area (TPSA) is 218 Å². The third kappa shape index (κ3) is 13.2. The van der Waals surface area contributed by atoms with E-state index in [0.717, 1.165) is 28.6 Å². The average Bonchev–Trinajstić information content (AvgIpc) is 1.86. The number of carbonyl (C=O) groups excluding carboxylic acids is 2. The van der Waals surface area contributed by atoms with Crippen molar-refractivity contribution in [2.24, 2.45) is 0 Å². The van der Waals surface area contributed by atoms with Crippen molar-refractivity contribution in [3.63, 3.8) is 0 Å². The first-order chi connectivity index (χ1) is 39.8. The van der Waals surface area contributed by atoms with Crippen LogP contribution in [0.15, 0.2) is 108 Å². The molecule has 0 spiro atoms. The van der Waals surface area contributed by atoms with Gasteiger partial charge in [-0.05, 0) is 120 Å². The highest BCUT2D eigenvalue weighted by atomic mass is 35.5. The SMILES string of the molecule is COCc1cnc(C(=O)c2c(C)cnc3[nH]ccc23)c(NS(=O)(=O)c2ccc(Cl)c(C(F)(F)F)c2)c1.COCc1cnc(C(=O)c2c(C)cnc3c2ccn3[Si](C(C)C)(C(C)C)C(C)C)c(N(COC)S(=O)(=O)c2ccc(Cl)c(C(F)(F)F)c2)c1. The van der Waals surface area contributed by atoms with Crippen molar-refractivity contribution < 1.29 is 67.0 Å². The van der Waals surface area contributed by atoms with E-state index in [0.29, 0.717) is 73.1 Å². The van der Waals surface area contributed by atoms with Crippen molar-refractivity contribution in [2.75, 3.05) is 37.1 Å². The first kappa shape index (κ1) is 65.8. The van der Waals surface area contributed by atoms with E-state index in [1.54, 1.807) is 32.3 Å². The van der Waals surface area contributed by atoms with Gasteiger partial charge in [0.1, 0.15) is 29.4 Å². The van der Waals surface area contributed by atoms with E-state index in [1.165, 1.54) is 52.1 Å². The lowest BCUT2D eigenvalue weighted by atomic mass is 9.99. The zero-order valence-corrected chi connectivity index (χ0v) is 51.9. The third-order valence-corrected chi connectivity index (χ3v) is 24.9. The summed E-state index contributed by atoms with van der Waals surface area (Å²) in [5.41, 5.74) is 1.03. The molecule has 0 radical (unpaired) electrons. The van der Waals surface area contributed by atoms with Gasteiger partial charge in [0, 0.05) is 74.2 Å². The van der Waals surface area contributed by atoms with E-state index < -0.39 is 89.9 Å². The molecule has 85 heavy (non-hydrogen) atoms. The molecular formula is C57H60Cl2F6N8O9S2Si. The number of aryl methyl sites for hydroxylation is 2. The van der Waals surface area contributed by atoms with Crippen molar-refractivity contribution in [3.8, 4) is 0 Å². The molecule has 28 heteroatoms. The summed E-state index contributed by atoms with van der Waals surface area (Å²) < 4.78 is 156. The molecule has 6 heterocycles. The van der Waals surface area contributed by atoms with E-state index in [2.05, 4.69) is 70.4 Å². The Morgan fingerprint density at radius 2 is 1.16 bits per heavy atom. The monoisotopic (exact) mass is 1280 g/mol. The Balaban J connectivity index is 0.000000255. The molecule has 0 aliphatic heterocycles. The van der Waals surface area contributed by atoms with Crippen LogP contribution in [0.5, 0.6) is 0 Å². The fourth-order valence-corrected chi connectivity index (χ4v) is 20.4. The standard InChI is InChI=1S/C34H42ClF3N4O5SSi.C23H18ClF3N4O4S/c1-20(2)49(21(3)4,22(5)6)42-13-12-26-30(23(7)16-40-33(26)42)32(43)31-29(14-24(17-39-31)18-46-8)41(19-47-9)48(44,45)25-10-11-28(35)27(15-25)34(36,37)38;1-12-9-30-22-15(5-6-28-22)19(12)21(32)20-18(7-13(10-29-20)11-35-2)31-36(33,34)14-3-4-17(24)16(8-14)23(25,26)27/h10-17,20-22H,18-19H2,1-9H3;3-10,31H,11H2,1-2H3,(H,28,30). The van der Waals surface area contributed by atoms with Gasteiger partial charge in [-0.15, -0.1) is 0 Å². The molecule has 0 amide bonds. The average molecular weight is 1280 g/mol. The number of aromatic nitrogens is 6. The van der Waals surface area contributed by atoms with E-state index in [4.69, 9.17) is 42.4 Å². The summed E-state index contributed by atoms with van der Waals surface area (Å²) in [4.78, 5) is 47.4. The number of rotatable bonds is 20. The number of methoxy groups -OCH3 is 3. The second-order valence-corrected chi connectivity index (χ2v) is 30.9.